The predicted octanol–water partition coefficient (Wildman–Crippen LogP) is 2.18. The Morgan fingerprint density at radius 3 is 2.93 bits per heavy atom. The SMILES string of the molecule is C[C@H]1CC[C@H](c2cccc(O)c2)N(C(=O)C(=O)Nc2cnc(N)c3cn[nH]c23)C1. The molecule has 2 atom stereocenters. The van der Waals surface area contributed by atoms with E-state index in [0.717, 1.165) is 18.4 Å². The summed E-state index contributed by atoms with van der Waals surface area (Å²) in [7, 11) is 0. The second kappa shape index (κ2) is 7.42. The number of rotatable bonds is 2. The first-order valence-electron chi connectivity index (χ1n) is 9.42. The van der Waals surface area contributed by atoms with Crippen molar-refractivity contribution in [3.05, 3.63) is 42.2 Å². The van der Waals surface area contributed by atoms with Crippen molar-refractivity contribution in [2.24, 2.45) is 5.92 Å². The Labute approximate surface area is 166 Å². The van der Waals surface area contributed by atoms with Gasteiger partial charge in [-0.2, -0.15) is 5.10 Å². The molecule has 9 heteroatoms. The Morgan fingerprint density at radius 2 is 2.14 bits per heavy atom. The molecule has 1 aromatic carbocycles. The normalized spacial score (nSPS) is 19.3. The quantitative estimate of drug-likeness (QED) is 0.492. The van der Waals surface area contributed by atoms with Crippen molar-refractivity contribution in [2.45, 2.75) is 25.8 Å². The fourth-order valence-electron chi connectivity index (χ4n) is 3.81. The van der Waals surface area contributed by atoms with Crippen LogP contribution < -0.4 is 11.1 Å². The molecule has 0 radical (unpaired) electrons. The predicted molar refractivity (Wildman–Crippen MR) is 108 cm³/mol. The summed E-state index contributed by atoms with van der Waals surface area (Å²) < 4.78 is 0. The number of nitrogen functional groups attached to an aromatic ring is 1. The maximum atomic E-state index is 13.0. The number of nitrogens with one attached hydrogen (secondary N) is 2. The molecule has 3 heterocycles. The van der Waals surface area contributed by atoms with Gasteiger partial charge in [0.15, 0.2) is 0 Å². The number of phenols is 1. The molecule has 150 valence electrons. The Bertz CT molecular complexity index is 1080. The van der Waals surface area contributed by atoms with Gasteiger partial charge >= 0.3 is 11.8 Å². The zero-order chi connectivity index (χ0) is 20.5. The number of pyridine rings is 1. The van der Waals surface area contributed by atoms with Gasteiger partial charge in [-0.3, -0.25) is 14.7 Å². The summed E-state index contributed by atoms with van der Waals surface area (Å²) in [5.41, 5.74) is 7.46. The molecule has 0 spiro atoms. The molecular formula is C20H22N6O3. The number of aromatic amines is 1. The third kappa shape index (κ3) is 3.58. The summed E-state index contributed by atoms with van der Waals surface area (Å²) >= 11 is 0. The number of nitrogens with zero attached hydrogens (tertiary/aromatic N) is 3. The standard InChI is InChI=1S/C20H22N6O3/c1-11-5-6-16(12-3-2-4-13(27)7-12)26(10-11)20(29)19(28)24-15-9-22-18(21)14-8-23-25-17(14)15/h2-4,7-9,11,16,27H,5-6,10H2,1H3,(H2,21,22)(H,23,25)(H,24,28)/t11-,16+/m0/s1. The molecule has 0 aliphatic carbocycles. The van der Waals surface area contributed by atoms with Crippen LogP contribution in [0.25, 0.3) is 10.9 Å². The lowest BCUT2D eigenvalue weighted by Crippen LogP contribution is -2.46. The summed E-state index contributed by atoms with van der Waals surface area (Å²) in [6.07, 6.45) is 4.56. The maximum absolute atomic E-state index is 13.0. The topological polar surface area (TPSA) is 137 Å². The van der Waals surface area contributed by atoms with Crippen LogP contribution in [0.3, 0.4) is 0 Å². The maximum Gasteiger partial charge on any atom is 0.314 e. The second-order valence-corrected chi connectivity index (χ2v) is 7.42. The number of fused-ring (bicyclic) bond motifs is 1. The zero-order valence-corrected chi connectivity index (χ0v) is 15.9. The van der Waals surface area contributed by atoms with E-state index in [2.05, 4.69) is 27.4 Å². The molecular weight excluding hydrogens is 372 g/mol. The van der Waals surface area contributed by atoms with Crippen LogP contribution in [0.4, 0.5) is 11.5 Å². The van der Waals surface area contributed by atoms with Crippen molar-refractivity contribution in [1.82, 2.24) is 20.1 Å². The largest absolute Gasteiger partial charge is 0.508 e. The van der Waals surface area contributed by atoms with E-state index in [0.29, 0.717) is 23.1 Å². The Kier molecular flexibility index (Phi) is 4.79. The fourth-order valence-corrected chi connectivity index (χ4v) is 3.81. The lowest BCUT2D eigenvalue weighted by molar-refractivity contribution is -0.146. The van der Waals surface area contributed by atoms with Crippen LogP contribution >= 0.6 is 0 Å². The summed E-state index contributed by atoms with van der Waals surface area (Å²) in [5.74, 6) is -0.696. The number of aromatic nitrogens is 3. The second-order valence-electron chi connectivity index (χ2n) is 7.42. The fraction of sp³-hybridized carbons (Fsp3) is 0.300. The molecule has 1 aliphatic heterocycles. The van der Waals surface area contributed by atoms with Gasteiger partial charge in [-0.1, -0.05) is 19.1 Å². The molecule has 1 aliphatic rings. The molecule has 9 nitrogen and oxygen atoms in total. The van der Waals surface area contributed by atoms with Gasteiger partial charge in [-0.25, -0.2) is 4.98 Å². The minimum Gasteiger partial charge on any atom is -0.508 e. The molecule has 0 bridgehead atoms. The van der Waals surface area contributed by atoms with E-state index in [9.17, 15) is 14.7 Å². The van der Waals surface area contributed by atoms with Crippen LogP contribution in [0, 0.1) is 5.92 Å². The first-order valence-corrected chi connectivity index (χ1v) is 9.42. The molecule has 3 aromatic rings. The number of piperidine rings is 1. The van der Waals surface area contributed by atoms with Crippen molar-refractivity contribution >= 4 is 34.2 Å². The van der Waals surface area contributed by atoms with E-state index >= 15 is 0 Å². The molecule has 1 saturated heterocycles. The van der Waals surface area contributed by atoms with Crippen LogP contribution in [-0.4, -0.2) is 43.5 Å². The van der Waals surface area contributed by atoms with Crippen LogP contribution in [0.2, 0.25) is 0 Å². The molecule has 2 amide bonds. The lowest BCUT2D eigenvalue weighted by atomic mass is 9.89. The number of carbonyl (C=O) groups is 2. The molecule has 4 rings (SSSR count). The zero-order valence-electron chi connectivity index (χ0n) is 15.9. The number of aromatic hydroxyl groups is 1. The summed E-state index contributed by atoms with van der Waals surface area (Å²) in [6.45, 7) is 2.51. The highest BCUT2D eigenvalue weighted by molar-refractivity contribution is 6.40. The van der Waals surface area contributed by atoms with Crippen molar-refractivity contribution < 1.29 is 14.7 Å². The lowest BCUT2D eigenvalue weighted by Gasteiger charge is -2.38. The third-order valence-corrected chi connectivity index (χ3v) is 5.29. The summed E-state index contributed by atoms with van der Waals surface area (Å²) in [6, 6.07) is 6.54. The van der Waals surface area contributed by atoms with Gasteiger partial charge in [0.05, 0.1) is 35.0 Å². The first-order chi connectivity index (χ1) is 13.9. The van der Waals surface area contributed by atoms with Crippen molar-refractivity contribution in [1.29, 1.82) is 0 Å². The minimum absolute atomic E-state index is 0.132. The molecule has 29 heavy (non-hydrogen) atoms. The Hall–Kier alpha value is -3.62. The molecule has 0 unspecified atom stereocenters. The third-order valence-electron chi connectivity index (χ3n) is 5.29. The smallest absolute Gasteiger partial charge is 0.314 e. The highest BCUT2D eigenvalue weighted by Gasteiger charge is 2.34. The van der Waals surface area contributed by atoms with E-state index in [1.165, 1.54) is 12.4 Å². The molecule has 2 aromatic heterocycles. The Balaban J connectivity index is 1.59. The number of hydrogen-bond acceptors (Lipinski definition) is 6. The van der Waals surface area contributed by atoms with Gasteiger partial charge in [0, 0.05) is 6.54 Å². The van der Waals surface area contributed by atoms with Crippen LogP contribution in [0.15, 0.2) is 36.7 Å². The first kappa shape index (κ1) is 18.7. The number of H-pyrrole nitrogens is 1. The van der Waals surface area contributed by atoms with Crippen LogP contribution in [-0.2, 0) is 9.59 Å². The van der Waals surface area contributed by atoms with E-state index in [-0.39, 0.29) is 23.5 Å². The number of benzene rings is 1. The molecule has 1 fully saturated rings. The van der Waals surface area contributed by atoms with E-state index in [4.69, 9.17) is 5.73 Å². The number of hydrogen-bond donors (Lipinski definition) is 4. The average molecular weight is 394 g/mol. The van der Waals surface area contributed by atoms with Gasteiger partial charge < -0.3 is 21.1 Å². The number of anilines is 2. The Morgan fingerprint density at radius 1 is 1.31 bits per heavy atom. The van der Waals surface area contributed by atoms with Crippen LogP contribution in [0.5, 0.6) is 5.75 Å². The monoisotopic (exact) mass is 394 g/mol. The van der Waals surface area contributed by atoms with Gasteiger partial charge in [-0.05, 0) is 36.5 Å². The number of phenolic OH excluding ortho intramolecular Hbond substituents is 1. The van der Waals surface area contributed by atoms with Crippen molar-refractivity contribution in [3.8, 4) is 5.75 Å². The number of amides is 2. The van der Waals surface area contributed by atoms with E-state index < -0.39 is 11.8 Å². The van der Waals surface area contributed by atoms with E-state index in [1.54, 1.807) is 23.1 Å². The average Bonchev–Trinajstić information content (AvgIpc) is 3.20. The van der Waals surface area contributed by atoms with Gasteiger partial charge in [0.2, 0.25) is 0 Å². The summed E-state index contributed by atoms with van der Waals surface area (Å²) in [5, 5.41) is 19.7. The van der Waals surface area contributed by atoms with Gasteiger partial charge in [0.1, 0.15) is 11.6 Å². The van der Waals surface area contributed by atoms with Crippen LogP contribution in [0.1, 0.15) is 31.4 Å². The minimum atomic E-state index is -0.758. The van der Waals surface area contributed by atoms with E-state index in [1.807, 2.05) is 6.07 Å². The number of likely N-dealkylation sites (tertiary alicyclic amines) is 1. The highest BCUT2D eigenvalue weighted by Crippen LogP contribution is 2.34. The van der Waals surface area contributed by atoms with Gasteiger partial charge in [-0.15, -0.1) is 0 Å². The van der Waals surface area contributed by atoms with Crippen molar-refractivity contribution in [2.75, 3.05) is 17.6 Å². The number of nitrogens with two attached hydrogens (primary N) is 1. The summed E-state index contributed by atoms with van der Waals surface area (Å²) in [4.78, 5) is 31.4. The number of carbonyl (C=O) groups excluding carboxylic acids is 2. The van der Waals surface area contributed by atoms with Crippen molar-refractivity contribution in [3.63, 3.8) is 0 Å². The molecule has 5 N–H and O–H groups in total. The molecule has 0 saturated carbocycles. The van der Waals surface area contributed by atoms with Gasteiger partial charge in [0.25, 0.3) is 0 Å². The highest BCUT2D eigenvalue weighted by atomic mass is 16.3.